The van der Waals surface area contributed by atoms with Crippen LogP contribution in [0, 0.1) is 0 Å². The van der Waals surface area contributed by atoms with Gasteiger partial charge in [0.15, 0.2) is 0 Å². The van der Waals surface area contributed by atoms with E-state index in [0.29, 0.717) is 0 Å². The fourth-order valence-electron chi connectivity index (χ4n) is 4.77. The maximum atomic E-state index is 13.0. The lowest BCUT2D eigenvalue weighted by Gasteiger charge is -2.24. The predicted octanol–water partition coefficient (Wildman–Crippen LogP) is 4.28. The molecule has 3 N–H and O–H groups in total. The highest BCUT2D eigenvalue weighted by Gasteiger charge is 2.26. The molecule has 0 spiro atoms. The van der Waals surface area contributed by atoms with E-state index in [9.17, 15) is 9.59 Å². The number of methoxy groups -OCH3 is 1. The number of carbonyl (C=O) groups excluding carboxylic acids is 2. The number of nitrogens with one attached hydrogen (secondary N) is 3. The van der Waals surface area contributed by atoms with Crippen molar-refractivity contribution in [1.82, 2.24) is 14.9 Å². The van der Waals surface area contributed by atoms with Gasteiger partial charge in [-0.25, -0.2) is 0 Å². The van der Waals surface area contributed by atoms with Crippen LogP contribution in [0.3, 0.4) is 0 Å². The summed E-state index contributed by atoms with van der Waals surface area (Å²) in [5.74, 6) is 0.678. The zero-order valence-electron chi connectivity index (χ0n) is 18.2. The van der Waals surface area contributed by atoms with Crippen molar-refractivity contribution in [3.8, 4) is 5.75 Å². The van der Waals surface area contributed by atoms with Crippen LogP contribution in [0.5, 0.6) is 5.75 Å². The number of amides is 2. The molecule has 0 saturated heterocycles. The summed E-state index contributed by atoms with van der Waals surface area (Å²) >= 11 is 0. The van der Waals surface area contributed by atoms with E-state index in [1.54, 1.807) is 7.11 Å². The van der Waals surface area contributed by atoms with Crippen LogP contribution in [0.1, 0.15) is 37.1 Å². The number of hydrogen-bond acceptors (Lipinski definition) is 3. The fourth-order valence-corrected chi connectivity index (χ4v) is 4.77. The summed E-state index contributed by atoms with van der Waals surface area (Å²) < 4.78 is 7.30. The highest BCUT2D eigenvalue weighted by Crippen LogP contribution is 2.36. The van der Waals surface area contributed by atoms with Gasteiger partial charge >= 0.3 is 0 Å². The Morgan fingerprint density at radius 1 is 1.19 bits per heavy atom. The van der Waals surface area contributed by atoms with Gasteiger partial charge in [0.25, 0.3) is 0 Å². The largest absolute Gasteiger partial charge is 0.497 e. The van der Waals surface area contributed by atoms with Crippen LogP contribution in [-0.4, -0.2) is 28.5 Å². The SMILES string of the molecule is COc1ccc2[nH]c3c(c2c1)CCC[C@H]3NC(=O)Cn1ccc2c(NC(C)=O)cccc21. The second-order valence-electron chi connectivity index (χ2n) is 8.30. The highest BCUT2D eigenvalue weighted by molar-refractivity contribution is 6.01. The van der Waals surface area contributed by atoms with Gasteiger partial charge in [-0.3, -0.25) is 9.59 Å². The monoisotopic (exact) mass is 430 g/mol. The van der Waals surface area contributed by atoms with Crippen molar-refractivity contribution in [2.75, 3.05) is 12.4 Å². The lowest BCUT2D eigenvalue weighted by atomic mass is 9.91. The molecule has 0 fully saturated rings. The quantitative estimate of drug-likeness (QED) is 0.441. The van der Waals surface area contributed by atoms with Crippen molar-refractivity contribution in [2.24, 2.45) is 0 Å². The third kappa shape index (κ3) is 3.60. The van der Waals surface area contributed by atoms with Gasteiger partial charge in [0, 0.05) is 35.1 Å². The van der Waals surface area contributed by atoms with Crippen LogP contribution < -0.4 is 15.4 Å². The molecule has 0 saturated carbocycles. The van der Waals surface area contributed by atoms with Crippen molar-refractivity contribution in [1.29, 1.82) is 0 Å². The first-order valence-corrected chi connectivity index (χ1v) is 10.9. The number of carbonyl (C=O) groups is 2. The molecule has 2 aromatic heterocycles. The number of H-pyrrole nitrogens is 1. The van der Waals surface area contributed by atoms with Crippen molar-refractivity contribution in [3.05, 3.63) is 59.9 Å². The van der Waals surface area contributed by atoms with Crippen molar-refractivity contribution in [2.45, 2.75) is 38.8 Å². The molecule has 0 aliphatic heterocycles. The predicted molar refractivity (Wildman–Crippen MR) is 125 cm³/mol. The molecule has 7 heteroatoms. The van der Waals surface area contributed by atoms with E-state index in [1.807, 2.05) is 47.2 Å². The van der Waals surface area contributed by atoms with E-state index in [2.05, 4.69) is 21.7 Å². The Labute approximate surface area is 185 Å². The topological polar surface area (TPSA) is 88.2 Å². The Kier molecular flexibility index (Phi) is 5.09. The van der Waals surface area contributed by atoms with Gasteiger partial charge in [0.05, 0.1) is 24.4 Å². The summed E-state index contributed by atoms with van der Waals surface area (Å²) in [5.41, 5.74) is 5.09. The first-order valence-electron chi connectivity index (χ1n) is 10.9. The second-order valence-corrected chi connectivity index (χ2v) is 8.30. The Morgan fingerprint density at radius 2 is 2.06 bits per heavy atom. The average molecular weight is 431 g/mol. The first-order chi connectivity index (χ1) is 15.5. The van der Waals surface area contributed by atoms with E-state index in [-0.39, 0.29) is 24.4 Å². The molecule has 2 aromatic carbocycles. The number of aromatic amines is 1. The zero-order chi connectivity index (χ0) is 22.2. The maximum Gasteiger partial charge on any atom is 0.240 e. The van der Waals surface area contributed by atoms with Gasteiger partial charge < -0.3 is 24.9 Å². The molecule has 4 aromatic rings. The third-order valence-electron chi connectivity index (χ3n) is 6.19. The number of hydrogen-bond donors (Lipinski definition) is 3. The number of anilines is 1. The Morgan fingerprint density at radius 3 is 2.88 bits per heavy atom. The molecule has 5 rings (SSSR count). The molecular weight excluding hydrogens is 404 g/mol. The van der Waals surface area contributed by atoms with Gasteiger partial charge in [-0.1, -0.05) is 6.07 Å². The van der Waals surface area contributed by atoms with Crippen LogP contribution in [0.15, 0.2) is 48.7 Å². The third-order valence-corrected chi connectivity index (χ3v) is 6.19. The molecule has 2 heterocycles. The summed E-state index contributed by atoms with van der Waals surface area (Å²) in [6, 6.07) is 13.6. The van der Waals surface area contributed by atoms with Gasteiger partial charge in [-0.15, -0.1) is 0 Å². The fraction of sp³-hybridized carbons (Fsp3) is 0.280. The smallest absolute Gasteiger partial charge is 0.240 e. The highest BCUT2D eigenvalue weighted by atomic mass is 16.5. The summed E-state index contributed by atoms with van der Waals surface area (Å²) in [4.78, 5) is 28.0. The lowest BCUT2D eigenvalue weighted by Crippen LogP contribution is -2.33. The summed E-state index contributed by atoms with van der Waals surface area (Å²) in [6.45, 7) is 1.70. The van der Waals surface area contributed by atoms with Crippen LogP contribution >= 0.6 is 0 Å². The number of ether oxygens (including phenoxy) is 1. The van der Waals surface area contributed by atoms with E-state index in [1.165, 1.54) is 17.9 Å². The number of aromatic nitrogens is 2. The Balaban J connectivity index is 1.37. The molecule has 2 amide bonds. The maximum absolute atomic E-state index is 13.0. The lowest BCUT2D eigenvalue weighted by molar-refractivity contribution is -0.122. The number of rotatable bonds is 5. The summed E-state index contributed by atoms with van der Waals surface area (Å²) in [6.07, 6.45) is 4.80. The zero-order valence-corrected chi connectivity index (χ0v) is 18.2. The van der Waals surface area contributed by atoms with E-state index in [0.717, 1.165) is 52.8 Å². The molecule has 7 nitrogen and oxygen atoms in total. The molecular formula is C25H26N4O3. The molecule has 0 unspecified atom stereocenters. The van der Waals surface area contributed by atoms with Gasteiger partial charge in [0.2, 0.25) is 11.8 Å². The summed E-state index contributed by atoms with van der Waals surface area (Å²) in [7, 11) is 1.67. The number of benzene rings is 2. The first kappa shape index (κ1) is 20.2. The minimum Gasteiger partial charge on any atom is -0.497 e. The molecule has 164 valence electrons. The second kappa shape index (κ2) is 8.07. The molecule has 1 aliphatic rings. The van der Waals surface area contributed by atoms with Crippen LogP contribution in [0.25, 0.3) is 21.8 Å². The standard InChI is InChI=1S/C25H26N4O3/c1-15(30)26-20-6-4-8-23-18(20)11-12-29(23)14-24(31)27-22-7-3-5-17-19-13-16(32-2)9-10-21(19)28-25(17)22/h4,6,8-13,22,28H,3,5,7,14H2,1-2H3,(H,26,30)(H,27,31)/t22-/m1/s1. The molecule has 0 radical (unpaired) electrons. The van der Waals surface area contributed by atoms with Crippen LogP contribution in [0.2, 0.25) is 0 Å². The van der Waals surface area contributed by atoms with Gasteiger partial charge in [-0.05, 0) is 61.2 Å². The minimum absolute atomic E-state index is 0.0403. The van der Waals surface area contributed by atoms with Crippen LogP contribution in [0.4, 0.5) is 5.69 Å². The Bertz CT molecular complexity index is 1330. The summed E-state index contributed by atoms with van der Waals surface area (Å²) in [5, 5.41) is 8.15. The molecule has 1 aliphatic carbocycles. The van der Waals surface area contributed by atoms with Crippen LogP contribution in [-0.2, 0) is 22.6 Å². The average Bonchev–Trinajstić information content (AvgIpc) is 3.35. The van der Waals surface area contributed by atoms with Crippen molar-refractivity contribution >= 4 is 39.3 Å². The van der Waals surface area contributed by atoms with E-state index >= 15 is 0 Å². The minimum atomic E-state index is -0.118. The molecule has 0 bridgehead atoms. The van der Waals surface area contributed by atoms with Crippen molar-refractivity contribution < 1.29 is 14.3 Å². The molecule has 1 atom stereocenters. The van der Waals surface area contributed by atoms with Gasteiger partial charge in [0.1, 0.15) is 12.3 Å². The Hall–Kier alpha value is -3.74. The normalized spacial score (nSPS) is 15.5. The van der Waals surface area contributed by atoms with Crippen molar-refractivity contribution in [3.63, 3.8) is 0 Å². The molecule has 32 heavy (non-hydrogen) atoms. The number of aryl methyl sites for hydroxylation is 1. The number of fused-ring (bicyclic) bond motifs is 4. The van der Waals surface area contributed by atoms with E-state index in [4.69, 9.17) is 4.74 Å². The van der Waals surface area contributed by atoms with E-state index < -0.39 is 0 Å². The van der Waals surface area contributed by atoms with Gasteiger partial charge in [-0.2, -0.15) is 0 Å². The number of nitrogens with zero attached hydrogens (tertiary/aromatic N) is 1.